The lowest BCUT2D eigenvalue weighted by molar-refractivity contribution is 0.204. The quantitative estimate of drug-likeness (QED) is 0.874. The maximum absolute atomic E-state index is 4.43. The Labute approximate surface area is 109 Å². The highest BCUT2D eigenvalue weighted by molar-refractivity contribution is 4.99. The van der Waals surface area contributed by atoms with Gasteiger partial charge in [0.05, 0.1) is 6.04 Å². The summed E-state index contributed by atoms with van der Waals surface area (Å²) < 4.78 is 2.07. The predicted molar refractivity (Wildman–Crippen MR) is 71.1 cm³/mol. The Balaban J connectivity index is 1.64. The van der Waals surface area contributed by atoms with Gasteiger partial charge in [-0.1, -0.05) is 13.8 Å². The van der Waals surface area contributed by atoms with E-state index in [2.05, 4.69) is 33.9 Å². The van der Waals surface area contributed by atoms with Gasteiger partial charge >= 0.3 is 0 Å². The van der Waals surface area contributed by atoms with Crippen LogP contribution in [0.15, 0.2) is 6.33 Å². The third-order valence-corrected chi connectivity index (χ3v) is 4.85. The van der Waals surface area contributed by atoms with Crippen LogP contribution in [0.5, 0.6) is 0 Å². The van der Waals surface area contributed by atoms with Crippen molar-refractivity contribution in [3.8, 4) is 0 Å². The molecular formula is C14H24N4. The standard InChI is InChI=1S/C14H24N4/c1-10-5-6-12(8-11(10)2)17-13-4-3-7-18-14(13)15-9-16-18/h9-13,17H,3-8H2,1-2H3. The molecule has 1 aromatic heterocycles. The molecule has 4 heteroatoms. The summed E-state index contributed by atoms with van der Waals surface area (Å²) >= 11 is 0. The zero-order valence-electron chi connectivity index (χ0n) is 11.5. The summed E-state index contributed by atoms with van der Waals surface area (Å²) in [5.74, 6) is 2.88. The molecule has 0 aromatic carbocycles. The van der Waals surface area contributed by atoms with Crippen LogP contribution < -0.4 is 5.32 Å². The first-order chi connectivity index (χ1) is 8.74. The van der Waals surface area contributed by atoms with Crippen LogP contribution in [0.2, 0.25) is 0 Å². The highest BCUT2D eigenvalue weighted by Gasteiger charge is 2.29. The molecule has 1 fully saturated rings. The van der Waals surface area contributed by atoms with Crippen molar-refractivity contribution >= 4 is 0 Å². The van der Waals surface area contributed by atoms with E-state index in [1.165, 1.54) is 32.1 Å². The smallest absolute Gasteiger partial charge is 0.143 e. The first kappa shape index (κ1) is 12.2. The number of nitrogens with zero attached hydrogens (tertiary/aromatic N) is 3. The molecule has 1 saturated carbocycles. The molecule has 1 N–H and O–H groups in total. The predicted octanol–water partition coefficient (Wildman–Crippen LogP) is 2.53. The lowest BCUT2D eigenvalue weighted by Gasteiger charge is -2.35. The second-order valence-corrected chi connectivity index (χ2v) is 6.17. The maximum atomic E-state index is 4.43. The number of aryl methyl sites for hydroxylation is 1. The minimum absolute atomic E-state index is 0.423. The van der Waals surface area contributed by atoms with Crippen LogP contribution in [0.25, 0.3) is 0 Å². The van der Waals surface area contributed by atoms with Crippen LogP contribution in [0, 0.1) is 11.8 Å². The SMILES string of the molecule is CC1CCC(NC2CCCn3ncnc32)CC1C. The van der Waals surface area contributed by atoms with E-state index >= 15 is 0 Å². The van der Waals surface area contributed by atoms with E-state index in [1.54, 1.807) is 6.33 Å². The topological polar surface area (TPSA) is 42.7 Å². The van der Waals surface area contributed by atoms with E-state index in [-0.39, 0.29) is 0 Å². The van der Waals surface area contributed by atoms with E-state index < -0.39 is 0 Å². The van der Waals surface area contributed by atoms with Crippen molar-refractivity contribution in [3.63, 3.8) is 0 Å². The molecule has 0 saturated heterocycles. The average Bonchev–Trinajstić information content (AvgIpc) is 2.83. The van der Waals surface area contributed by atoms with Gasteiger partial charge in [0, 0.05) is 12.6 Å². The van der Waals surface area contributed by atoms with Gasteiger partial charge in [-0.2, -0.15) is 5.10 Å². The van der Waals surface area contributed by atoms with Crippen molar-refractivity contribution in [1.29, 1.82) is 0 Å². The molecule has 4 nitrogen and oxygen atoms in total. The molecule has 4 atom stereocenters. The Kier molecular flexibility index (Phi) is 3.37. The minimum atomic E-state index is 0.423. The van der Waals surface area contributed by atoms with E-state index in [9.17, 15) is 0 Å². The van der Waals surface area contributed by atoms with Gasteiger partial charge in [-0.15, -0.1) is 0 Å². The molecule has 0 bridgehead atoms. The molecule has 100 valence electrons. The fourth-order valence-corrected chi connectivity index (χ4v) is 3.43. The van der Waals surface area contributed by atoms with Gasteiger partial charge in [-0.05, 0) is 43.9 Å². The summed E-state index contributed by atoms with van der Waals surface area (Å²) in [7, 11) is 0. The summed E-state index contributed by atoms with van der Waals surface area (Å²) in [4.78, 5) is 4.43. The minimum Gasteiger partial charge on any atom is -0.304 e. The molecule has 0 spiro atoms. The summed E-state index contributed by atoms with van der Waals surface area (Å²) in [5, 5.41) is 8.12. The van der Waals surface area contributed by atoms with Gasteiger partial charge in [0.2, 0.25) is 0 Å². The first-order valence-electron chi connectivity index (χ1n) is 7.38. The molecular weight excluding hydrogens is 224 g/mol. The zero-order valence-corrected chi connectivity index (χ0v) is 11.5. The van der Waals surface area contributed by atoms with Crippen LogP contribution in [0.4, 0.5) is 0 Å². The van der Waals surface area contributed by atoms with Gasteiger partial charge in [0.25, 0.3) is 0 Å². The molecule has 2 aliphatic rings. The molecule has 1 aliphatic carbocycles. The van der Waals surface area contributed by atoms with Gasteiger partial charge in [-0.25, -0.2) is 9.67 Å². The van der Waals surface area contributed by atoms with Crippen molar-refractivity contribution in [2.45, 2.75) is 64.6 Å². The Morgan fingerprint density at radius 3 is 2.94 bits per heavy atom. The normalized spacial score (nSPS) is 36.3. The maximum Gasteiger partial charge on any atom is 0.143 e. The fourth-order valence-electron chi connectivity index (χ4n) is 3.43. The summed E-state index contributed by atoms with van der Waals surface area (Å²) in [6.45, 7) is 5.81. The number of rotatable bonds is 2. The second-order valence-electron chi connectivity index (χ2n) is 6.17. The van der Waals surface area contributed by atoms with E-state index in [0.29, 0.717) is 12.1 Å². The van der Waals surface area contributed by atoms with Crippen LogP contribution in [-0.4, -0.2) is 20.8 Å². The number of hydrogen-bond acceptors (Lipinski definition) is 3. The van der Waals surface area contributed by atoms with Crippen LogP contribution >= 0.6 is 0 Å². The highest BCUT2D eigenvalue weighted by Crippen LogP contribution is 2.31. The van der Waals surface area contributed by atoms with Gasteiger partial charge in [0.15, 0.2) is 0 Å². The van der Waals surface area contributed by atoms with Crippen LogP contribution in [0.1, 0.15) is 57.8 Å². The van der Waals surface area contributed by atoms with E-state index in [1.807, 2.05) is 0 Å². The number of nitrogens with one attached hydrogen (secondary N) is 1. The molecule has 1 aliphatic heterocycles. The molecule has 2 heterocycles. The third-order valence-electron chi connectivity index (χ3n) is 4.85. The third kappa shape index (κ3) is 2.30. The van der Waals surface area contributed by atoms with Crippen molar-refractivity contribution in [2.75, 3.05) is 0 Å². The number of hydrogen-bond donors (Lipinski definition) is 1. The first-order valence-corrected chi connectivity index (χ1v) is 7.38. The van der Waals surface area contributed by atoms with E-state index in [4.69, 9.17) is 0 Å². The van der Waals surface area contributed by atoms with Crippen molar-refractivity contribution < 1.29 is 0 Å². The molecule has 0 radical (unpaired) electrons. The lowest BCUT2D eigenvalue weighted by Crippen LogP contribution is -2.40. The van der Waals surface area contributed by atoms with Crippen LogP contribution in [-0.2, 0) is 6.54 Å². The fraction of sp³-hybridized carbons (Fsp3) is 0.857. The summed E-state index contributed by atoms with van der Waals surface area (Å²) in [6.07, 6.45) is 8.10. The van der Waals surface area contributed by atoms with Crippen molar-refractivity contribution in [1.82, 2.24) is 20.1 Å². The highest BCUT2D eigenvalue weighted by atomic mass is 15.3. The Hall–Kier alpha value is -0.900. The monoisotopic (exact) mass is 248 g/mol. The summed E-state index contributed by atoms with van der Waals surface area (Å²) in [6, 6.07) is 1.09. The van der Waals surface area contributed by atoms with Gasteiger partial charge in [-0.3, -0.25) is 0 Å². The largest absolute Gasteiger partial charge is 0.304 e. The second kappa shape index (κ2) is 5.00. The average molecular weight is 248 g/mol. The van der Waals surface area contributed by atoms with Gasteiger partial charge in [0.1, 0.15) is 12.2 Å². The number of fused-ring (bicyclic) bond motifs is 1. The molecule has 3 rings (SSSR count). The summed E-state index contributed by atoms with van der Waals surface area (Å²) in [5.41, 5.74) is 0. The zero-order chi connectivity index (χ0) is 12.5. The molecule has 1 aromatic rings. The Bertz CT molecular complexity index is 400. The Morgan fingerprint density at radius 1 is 1.22 bits per heavy atom. The van der Waals surface area contributed by atoms with Crippen molar-refractivity contribution in [2.24, 2.45) is 11.8 Å². The molecule has 4 unspecified atom stereocenters. The van der Waals surface area contributed by atoms with Crippen molar-refractivity contribution in [3.05, 3.63) is 12.2 Å². The Morgan fingerprint density at radius 2 is 2.11 bits per heavy atom. The molecule has 18 heavy (non-hydrogen) atoms. The van der Waals surface area contributed by atoms with E-state index in [0.717, 1.165) is 24.2 Å². The van der Waals surface area contributed by atoms with Gasteiger partial charge < -0.3 is 5.32 Å². The molecule has 0 amide bonds. The lowest BCUT2D eigenvalue weighted by atomic mass is 9.79. The van der Waals surface area contributed by atoms with Crippen LogP contribution in [0.3, 0.4) is 0 Å². The number of aromatic nitrogens is 3.